The van der Waals surface area contributed by atoms with Crippen LogP contribution >= 0.6 is 0 Å². The van der Waals surface area contributed by atoms with Gasteiger partial charge in [-0.2, -0.15) is 5.26 Å². The predicted octanol–water partition coefficient (Wildman–Crippen LogP) is 1.81. The van der Waals surface area contributed by atoms with Crippen LogP contribution in [0.2, 0.25) is 0 Å². The number of hydrogen-bond acceptors (Lipinski definition) is 6. The van der Waals surface area contributed by atoms with Crippen molar-refractivity contribution in [2.75, 3.05) is 18.9 Å². The van der Waals surface area contributed by atoms with Crippen molar-refractivity contribution in [2.24, 2.45) is 0 Å². The summed E-state index contributed by atoms with van der Waals surface area (Å²) in [7, 11) is -3.36. The summed E-state index contributed by atoms with van der Waals surface area (Å²) in [6.45, 7) is 0.752. The van der Waals surface area contributed by atoms with Crippen LogP contribution in [0.5, 0.6) is 0 Å². The molecule has 2 atom stereocenters. The molecule has 1 fully saturated rings. The molecule has 1 aromatic heterocycles. The molecular weight excluding hydrogens is 338 g/mol. The summed E-state index contributed by atoms with van der Waals surface area (Å²) in [4.78, 5) is 4.32. The minimum atomic E-state index is -3.36. The van der Waals surface area contributed by atoms with Gasteiger partial charge in [-0.1, -0.05) is 18.2 Å². The number of fused-ring (bicyclic) bond motifs is 1. The Morgan fingerprint density at radius 2 is 2.24 bits per heavy atom. The van der Waals surface area contributed by atoms with Gasteiger partial charge in [-0.3, -0.25) is 10.3 Å². The van der Waals surface area contributed by atoms with Crippen molar-refractivity contribution in [3.8, 4) is 6.07 Å². The van der Waals surface area contributed by atoms with E-state index < -0.39 is 9.84 Å². The van der Waals surface area contributed by atoms with E-state index in [9.17, 15) is 8.42 Å². The van der Waals surface area contributed by atoms with Gasteiger partial charge in [0.25, 0.3) is 0 Å². The van der Waals surface area contributed by atoms with Gasteiger partial charge in [0.05, 0.1) is 35.7 Å². The molecule has 1 aromatic carbocycles. The fourth-order valence-corrected chi connectivity index (χ4v) is 4.84. The Labute approximate surface area is 147 Å². The molecule has 0 aliphatic carbocycles. The second kappa shape index (κ2) is 7.91. The number of rotatable bonds is 7. The predicted molar refractivity (Wildman–Crippen MR) is 95.6 cm³/mol. The summed E-state index contributed by atoms with van der Waals surface area (Å²) in [6, 6.07) is 11.1. The zero-order valence-corrected chi connectivity index (χ0v) is 14.7. The molecule has 0 spiro atoms. The van der Waals surface area contributed by atoms with Gasteiger partial charge in [0.2, 0.25) is 0 Å². The van der Waals surface area contributed by atoms with E-state index in [4.69, 9.17) is 10.00 Å². The summed E-state index contributed by atoms with van der Waals surface area (Å²) in [6.07, 6.45) is 3.20. The zero-order valence-electron chi connectivity index (χ0n) is 13.9. The Balaban J connectivity index is 1.73. The maximum absolute atomic E-state index is 12.7. The monoisotopic (exact) mass is 359 g/mol. The van der Waals surface area contributed by atoms with Crippen LogP contribution in [0.4, 0.5) is 0 Å². The largest absolute Gasteiger partial charge is 0.377 e. The molecule has 2 aromatic rings. The van der Waals surface area contributed by atoms with Gasteiger partial charge in [-0.15, -0.1) is 0 Å². The van der Waals surface area contributed by atoms with E-state index in [0.29, 0.717) is 12.2 Å². The Bertz CT molecular complexity index is 871. The second-order valence-electron chi connectivity index (χ2n) is 6.29. The van der Waals surface area contributed by atoms with Gasteiger partial charge in [-0.05, 0) is 30.5 Å². The summed E-state index contributed by atoms with van der Waals surface area (Å²) in [5.41, 5.74) is 1.52. The minimum absolute atomic E-state index is 0.0494. The second-order valence-corrected chi connectivity index (χ2v) is 8.40. The van der Waals surface area contributed by atoms with Gasteiger partial charge in [-0.25, -0.2) is 8.42 Å². The highest BCUT2D eigenvalue weighted by Gasteiger charge is 2.30. The number of nitrogens with one attached hydrogen (secondary N) is 1. The van der Waals surface area contributed by atoms with E-state index in [-0.39, 0.29) is 30.2 Å². The highest BCUT2D eigenvalue weighted by atomic mass is 32.2. The third kappa shape index (κ3) is 4.75. The summed E-state index contributed by atoms with van der Waals surface area (Å²) >= 11 is 0. The van der Waals surface area contributed by atoms with Crippen LogP contribution < -0.4 is 5.32 Å². The minimum Gasteiger partial charge on any atom is -0.377 e. The number of benzene rings is 1. The molecule has 0 radical (unpaired) electrons. The molecule has 1 N–H and O–H groups in total. The molecule has 1 aliphatic heterocycles. The normalized spacial score (nSPS) is 18.9. The lowest BCUT2D eigenvalue weighted by molar-refractivity contribution is 0.0858. The molecule has 0 saturated carbocycles. The lowest BCUT2D eigenvalue weighted by Gasteiger charge is -2.23. The fraction of sp³-hybridized carbons (Fsp3) is 0.444. The van der Waals surface area contributed by atoms with Crippen molar-refractivity contribution in [1.29, 1.82) is 5.26 Å². The SMILES string of the molecule is N#CCN[C@H](CS(=O)(=O)Cc1cnc2ccccc2c1)[C@H]1CCCO1. The maximum Gasteiger partial charge on any atom is 0.156 e. The number of nitrogens with zero attached hydrogens (tertiary/aromatic N) is 2. The van der Waals surface area contributed by atoms with Crippen molar-refractivity contribution in [1.82, 2.24) is 10.3 Å². The average molecular weight is 359 g/mol. The van der Waals surface area contributed by atoms with Crippen LogP contribution in [0.3, 0.4) is 0 Å². The fourth-order valence-electron chi connectivity index (χ4n) is 3.18. The number of para-hydroxylation sites is 1. The third-order valence-electron chi connectivity index (χ3n) is 4.32. The van der Waals surface area contributed by atoms with Gasteiger partial charge < -0.3 is 4.74 Å². The maximum atomic E-state index is 12.7. The summed E-state index contributed by atoms with van der Waals surface area (Å²) < 4.78 is 30.9. The molecule has 2 heterocycles. The molecule has 0 bridgehead atoms. The summed E-state index contributed by atoms with van der Waals surface area (Å²) in [5.74, 6) is -0.117. The van der Waals surface area contributed by atoms with Gasteiger partial charge in [0, 0.05) is 24.2 Å². The van der Waals surface area contributed by atoms with Crippen molar-refractivity contribution < 1.29 is 13.2 Å². The van der Waals surface area contributed by atoms with E-state index in [1.54, 1.807) is 6.20 Å². The molecule has 6 nitrogen and oxygen atoms in total. The Morgan fingerprint density at radius 3 is 3.00 bits per heavy atom. The lowest BCUT2D eigenvalue weighted by atomic mass is 10.1. The summed E-state index contributed by atoms with van der Waals surface area (Å²) in [5, 5.41) is 12.7. The third-order valence-corrected chi connectivity index (χ3v) is 5.96. The van der Waals surface area contributed by atoms with E-state index in [1.165, 1.54) is 0 Å². The van der Waals surface area contributed by atoms with Crippen LogP contribution in [-0.4, -0.2) is 44.5 Å². The number of ether oxygens (including phenoxy) is 1. The van der Waals surface area contributed by atoms with Crippen molar-refractivity contribution in [3.63, 3.8) is 0 Å². The number of sulfone groups is 1. The van der Waals surface area contributed by atoms with Gasteiger partial charge in [0.1, 0.15) is 0 Å². The quantitative estimate of drug-likeness (QED) is 0.758. The van der Waals surface area contributed by atoms with E-state index in [2.05, 4.69) is 10.3 Å². The smallest absolute Gasteiger partial charge is 0.156 e. The number of pyridine rings is 1. The van der Waals surface area contributed by atoms with E-state index in [1.807, 2.05) is 36.4 Å². The highest BCUT2D eigenvalue weighted by Crippen LogP contribution is 2.19. The van der Waals surface area contributed by atoms with Crippen molar-refractivity contribution in [3.05, 3.63) is 42.1 Å². The van der Waals surface area contributed by atoms with Crippen LogP contribution in [0.25, 0.3) is 10.9 Å². The Kier molecular flexibility index (Phi) is 5.63. The van der Waals surface area contributed by atoms with Crippen LogP contribution in [0.1, 0.15) is 18.4 Å². The highest BCUT2D eigenvalue weighted by molar-refractivity contribution is 7.90. The van der Waals surface area contributed by atoms with Crippen LogP contribution in [-0.2, 0) is 20.3 Å². The van der Waals surface area contributed by atoms with Crippen LogP contribution in [0.15, 0.2) is 36.5 Å². The molecule has 0 unspecified atom stereocenters. The standard InChI is InChI=1S/C18H21N3O3S/c19-7-8-20-17(18-6-3-9-24-18)13-25(22,23)12-14-10-15-4-1-2-5-16(15)21-11-14/h1-2,4-5,10-11,17-18,20H,3,6,8-9,12-13H2/t17-,18-/m1/s1. The van der Waals surface area contributed by atoms with Gasteiger partial charge in [0.15, 0.2) is 9.84 Å². The average Bonchev–Trinajstić information content (AvgIpc) is 3.12. The zero-order chi connectivity index (χ0) is 17.7. The first-order valence-electron chi connectivity index (χ1n) is 8.33. The molecule has 132 valence electrons. The molecule has 25 heavy (non-hydrogen) atoms. The number of nitriles is 1. The Morgan fingerprint density at radius 1 is 1.40 bits per heavy atom. The molecule has 1 aliphatic rings. The van der Waals surface area contributed by atoms with Crippen molar-refractivity contribution >= 4 is 20.7 Å². The Hall–Kier alpha value is -2.01. The number of aromatic nitrogens is 1. The van der Waals surface area contributed by atoms with E-state index in [0.717, 1.165) is 23.7 Å². The van der Waals surface area contributed by atoms with Crippen LogP contribution in [0, 0.1) is 11.3 Å². The molecular formula is C18H21N3O3S. The molecule has 3 rings (SSSR count). The van der Waals surface area contributed by atoms with Gasteiger partial charge >= 0.3 is 0 Å². The first-order chi connectivity index (χ1) is 12.1. The lowest BCUT2D eigenvalue weighted by Crippen LogP contribution is -2.45. The first kappa shape index (κ1) is 17.8. The molecule has 1 saturated heterocycles. The topological polar surface area (TPSA) is 92.1 Å². The van der Waals surface area contributed by atoms with E-state index >= 15 is 0 Å². The molecule has 7 heteroatoms. The number of hydrogen-bond donors (Lipinski definition) is 1. The molecule has 0 amide bonds. The first-order valence-corrected chi connectivity index (χ1v) is 10.2. The van der Waals surface area contributed by atoms with Crippen molar-refractivity contribution in [2.45, 2.75) is 30.7 Å².